The smallest absolute Gasteiger partial charge is 0.241 e. The molecular weight excluding hydrogens is 268 g/mol. The summed E-state index contributed by atoms with van der Waals surface area (Å²) in [5, 5.41) is 9.40. The van der Waals surface area contributed by atoms with Gasteiger partial charge in [0.25, 0.3) is 0 Å². The number of ether oxygens (including phenoxy) is 1. The van der Waals surface area contributed by atoms with E-state index in [1.54, 1.807) is 0 Å². The quantitative estimate of drug-likeness (QED) is 0.888. The van der Waals surface area contributed by atoms with Crippen LogP contribution < -0.4 is 4.90 Å². The fraction of sp³-hybridized carbons (Fsp3) is 0.562. The van der Waals surface area contributed by atoms with Crippen LogP contribution >= 0.6 is 0 Å². The summed E-state index contributed by atoms with van der Waals surface area (Å²) in [6, 6.07) is 8.22. The van der Waals surface area contributed by atoms with Gasteiger partial charge in [0.2, 0.25) is 5.91 Å². The van der Waals surface area contributed by atoms with Crippen LogP contribution in [-0.4, -0.2) is 60.9 Å². The molecule has 0 saturated carbocycles. The van der Waals surface area contributed by atoms with Crippen LogP contribution in [0.4, 0.5) is 5.69 Å². The zero-order valence-electron chi connectivity index (χ0n) is 12.4. The van der Waals surface area contributed by atoms with Crippen LogP contribution in [-0.2, 0) is 16.0 Å². The van der Waals surface area contributed by atoms with E-state index in [9.17, 15) is 9.90 Å². The van der Waals surface area contributed by atoms with Gasteiger partial charge in [0.05, 0.1) is 32.4 Å². The van der Waals surface area contributed by atoms with E-state index in [0.717, 1.165) is 12.1 Å². The molecule has 0 bridgehead atoms. The Morgan fingerprint density at radius 3 is 3.05 bits per heavy atom. The van der Waals surface area contributed by atoms with E-state index in [1.165, 1.54) is 5.56 Å². The number of benzene rings is 1. The van der Waals surface area contributed by atoms with Crippen LogP contribution in [0, 0.1) is 0 Å². The van der Waals surface area contributed by atoms with Crippen LogP contribution in [0.3, 0.4) is 0 Å². The van der Waals surface area contributed by atoms with Gasteiger partial charge in [-0.3, -0.25) is 9.69 Å². The highest BCUT2D eigenvalue weighted by Crippen LogP contribution is 2.31. The molecule has 2 heterocycles. The molecule has 1 amide bonds. The van der Waals surface area contributed by atoms with Gasteiger partial charge in [-0.05, 0) is 25.0 Å². The van der Waals surface area contributed by atoms with E-state index in [-0.39, 0.29) is 24.6 Å². The van der Waals surface area contributed by atoms with E-state index in [0.29, 0.717) is 26.3 Å². The molecule has 1 saturated heterocycles. The summed E-state index contributed by atoms with van der Waals surface area (Å²) in [5.41, 5.74) is 2.27. The van der Waals surface area contributed by atoms with E-state index in [4.69, 9.17) is 4.74 Å². The first kappa shape index (κ1) is 14.5. The van der Waals surface area contributed by atoms with Crippen molar-refractivity contribution in [3.8, 4) is 0 Å². The van der Waals surface area contributed by atoms with Crippen LogP contribution in [0.1, 0.15) is 12.5 Å². The van der Waals surface area contributed by atoms with Crippen molar-refractivity contribution >= 4 is 11.6 Å². The molecule has 1 aromatic carbocycles. The number of fused-ring (bicyclic) bond motifs is 1. The van der Waals surface area contributed by atoms with Crippen molar-refractivity contribution < 1.29 is 14.6 Å². The summed E-state index contributed by atoms with van der Waals surface area (Å²) in [6.07, 6.45) is 0.911. The van der Waals surface area contributed by atoms with Crippen LogP contribution in [0.15, 0.2) is 24.3 Å². The van der Waals surface area contributed by atoms with Crippen molar-refractivity contribution in [2.24, 2.45) is 0 Å². The van der Waals surface area contributed by atoms with Gasteiger partial charge < -0.3 is 14.7 Å². The molecule has 1 fully saturated rings. The second kappa shape index (κ2) is 6.13. The lowest BCUT2D eigenvalue weighted by Crippen LogP contribution is -2.52. The van der Waals surface area contributed by atoms with E-state index in [2.05, 4.69) is 13.0 Å². The number of nitrogens with zero attached hydrogens (tertiary/aromatic N) is 2. The summed E-state index contributed by atoms with van der Waals surface area (Å²) in [7, 11) is 0. The van der Waals surface area contributed by atoms with Gasteiger partial charge in [-0.1, -0.05) is 18.2 Å². The number of carbonyl (C=O) groups is 1. The maximum absolute atomic E-state index is 12.7. The minimum absolute atomic E-state index is 0.0272. The lowest BCUT2D eigenvalue weighted by Gasteiger charge is -2.35. The fourth-order valence-corrected chi connectivity index (χ4v) is 3.26. The number of hydrogen-bond acceptors (Lipinski definition) is 4. The number of aliphatic hydroxyl groups excluding tert-OH is 1. The third-order valence-corrected chi connectivity index (χ3v) is 4.37. The molecule has 0 aliphatic carbocycles. The molecule has 5 heteroatoms. The third kappa shape index (κ3) is 2.81. The third-order valence-electron chi connectivity index (χ3n) is 4.37. The SMILES string of the molecule is CC1Cc2ccccc2N1C(=O)CN1CCOCC1CO. The summed E-state index contributed by atoms with van der Waals surface area (Å²) >= 11 is 0. The molecule has 2 aliphatic heterocycles. The molecule has 2 atom stereocenters. The van der Waals surface area contributed by atoms with Crippen molar-refractivity contribution in [3.05, 3.63) is 29.8 Å². The number of amides is 1. The molecule has 0 radical (unpaired) electrons. The second-order valence-electron chi connectivity index (χ2n) is 5.83. The minimum atomic E-state index is -0.0733. The van der Waals surface area contributed by atoms with Crippen molar-refractivity contribution in [1.82, 2.24) is 4.90 Å². The van der Waals surface area contributed by atoms with E-state index >= 15 is 0 Å². The number of aliphatic hydroxyl groups is 1. The summed E-state index contributed by atoms with van der Waals surface area (Å²) in [5.74, 6) is 0.104. The monoisotopic (exact) mass is 290 g/mol. The number of morpholine rings is 1. The molecule has 2 aliphatic rings. The zero-order chi connectivity index (χ0) is 14.8. The first-order valence-electron chi connectivity index (χ1n) is 7.53. The van der Waals surface area contributed by atoms with Crippen molar-refractivity contribution in [3.63, 3.8) is 0 Å². The van der Waals surface area contributed by atoms with Gasteiger partial charge in [-0.2, -0.15) is 0 Å². The molecule has 114 valence electrons. The molecular formula is C16H22N2O3. The summed E-state index contributed by atoms with van der Waals surface area (Å²) < 4.78 is 5.36. The highest BCUT2D eigenvalue weighted by Gasteiger charge is 2.33. The van der Waals surface area contributed by atoms with Gasteiger partial charge in [0.1, 0.15) is 0 Å². The summed E-state index contributed by atoms with van der Waals surface area (Å²) in [4.78, 5) is 16.6. The highest BCUT2D eigenvalue weighted by atomic mass is 16.5. The molecule has 21 heavy (non-hydrogen) atoms. The number of rotatable bonds is 3. The summed E-state index contributed by atoms with van der Waals surface area (Å²) in [6.45, 7) is 4.26. The largest absolute Gasteiger partial charge is 0.395 e. The Kier molecular flexibility index (Phi) is 4.24. The number of para-hydroxylation sites is 1. The minimum Gasteiger partial charge on any atom is -0.395 e. The molecule has 3 rings (SSSR count). The Balaban J connectivity index is 1.73. The van der Waals surface area contributed by atoms with Gasteiger partial charge >= 0.3 is 0 Å². The van der Waals surface area contributed by atoms with E-state index in [1.807, 2.05) is 28.0 Å². The zero-order valence-corrected chi connectivity index (χ0v) is 12.4. The number of hydrogen-bond donors (Lipinski definition) is 1. The van der Waals surface area contributed by atoms with Crippen molar-refractivity contribution in [2.75, 3.05) is 37.8 Å². The lowest BCUT2D eigenvalue weighted by molar-refractivity contribution is -0.123. The normalized spacial score (nSPS) is 25.9. The van der Waals surface area contributed by atoms with Crippen LogP contribution in [0.25, 0.3) is 0 Å². The topological polar surface area (TPSA) is 53.0 Å². The predicted molar refractivity (Wildman–Crippen MR) is 80.4 cm³/mol. The van der Waals surface area contributed by atoms with Gasteiger partial charge in [-0.15, -0.1) is 0 Å². The second-order valence-corrected chi connectivity index (χ2v) is 5.83. The standard InChI is InChI=1S/C16H22N2O3/c1-12-8-13-4-2-3-5-15(13)18(12)16(20)9-17-6-7-21-11-14(17)10-19/h2-5,12,14,19H,6-11H2,1H3. The molecule has 2 unspecified atom stereocenters. The first-order chi connectivity index (χ1) is 10.2. The Bertz CT molecular complexity index is 520. The Morgan fingerprint density at radius 1 is 1.43 bits per heavy atom. The van der Waals surface area contributed by atoms with Crippen LogP contribution in [0.2, 0.25) is 0 Å². The maximum atomic E-state index is 12.7. The average molecular weight is 290 g/mol. The Morgan fingerprint density at radius 2 is 2.24 bits per heavy atom. The number of carbonyl (C=O) groups excluding carboxylic acids is 1. The maximum Gasteiger partial charge on any atom is 0.241 e. The Labute approximate surface area is 125 Å². The van der Waals surface area contributed by atoms with Crippen LogP contribution in [0.5, 0.6) is 0 Å². The van der Waals surface area contributed by atoms with Crippen molar-refractivity contribution in [2.45, 2.75) is 25.4 Å². The van der Waals surface area contributed by atoms with E-state index < -0.39 is 0 Å². The van der Waals surface area contributed by atoms with Gasteiger partial charge in [0.15, 0.2) is 0 Å². The molecule has 5 nitrogen and oxygen atoms in total. The first-order valence-corrected chi connectivity index (χ1v) is 7.53. The predicted octanol–water partition coefficient (Wildman–Crippen LogP) is 0.657. The van der Waals surface area contributed by atoms with Gasteiger partial charge in [-0.25, -0.2) is 0 Å². The molecule has 0 aromatic heterocycles. The number of anilines is 1. The molecule has 1 N–H and O–H groups in total. The average Bonchev–Trinajstić information content (AvgIpc) is 2.83. The van der Waals surface area contributed by atoms with Gasteiger partial charge in [0, 0.05) is 18.3 Å². The molecule has 0 spiro atoms. The Hall–Kier alpha value is -1.43. The van der Waals surface area contributed by atoms with Crippen molar-refractivity contribution in [1.29, 1.82) is 0 Å². The highest BCUT2D eigenvalue weighted by molar-refractivity contribution is 5.97. The molecule has 1 aromatic rings. The lowest BCUT2D eigenvalue weighted by atomic mass is 10.1. The fourth-order valence-electron chi connectivity index (χ4n) is 3.26.